The molecule has 5 nitrogen and oxygen atoms in total. The molecule has 0 saturated carbocycles. The van der Waals surface area contributed by atoms with Crippen LogP contribution in [0.15, 0.2) is 89.6 Å². The van der Waals surface area contributed by atoms with Gasteiger partial charge in [0.15, 0.2) is 0 Å². The number of methoxy groups -OCH3 is 1. The third kappa shape index (κ3) is 4.79. The van der Waals surface area contributed by atoms with Crippen LogP contribution < -0.4 is 9.64 Å². The minimum atomic E-state index is -0.541. The number of allylic oxidation sites excluding steroid dienone is 1. The predicted octanol–water partition coefficient (Wildman–Crippen LogP) is 5.76. The maximum Gasteiger partial charge on any atom is 0.340 e. The Bertz CT molecular complexity index is 1280. The third-order valence-electron chi connectivity index (χ3n) is 5.67. The molecule has 0 N–H and O–H groups in total. The number of nitrogens with zero attached hydrogens (tertiary/aromatic N) is 1. The molecule has 0 spiro atoms. The molecular weight excluding hydrogens is 426 g/mol. The molecule has 1 aliphatic heterocycles. The van der Waals surface area contributed by atoms with Crippen LogP contribution in [0.4, 0.5) is 5.69 Å². The highest BCUT2D eigenvalue weighted by Gasteiger charge is 2.38. The molecule has 172 valence electrons. The molecule has 1 aliphatic rings. The van der Waals surface area contributed by atoms with Crippen molar-refractivity contribution in [2.45, 2.75) is 27.4 Å². The van der Waals surface area contributed by atoms with Crippen LogP contribution >= 0.6 is 0 Å². The van der Waals surface area contributed by atoms with Crippen LogP contribution in [0.3, 0.4) is 0 Å². The van der Waals surface area contributed by atoms with E-state index < -0.39 is 5.97 Å². The van der Waals surface area contributed by atoms with E-state index in [4.69, 9.17) is 9.47 Å². The van der Waals surface area contributed by atoms with Gasteiger partial charge < -0.3 is 9.47 Å². The summed E-state index contributed by atoms with van der Waals surface area (Å²) in [7, 11) is 1.32. The number of ether oxygens (including phenoxy) is 2. The molecule has 0 atom stereocenters. The van der Waals surface area contributed by atoms with E-state index in [1.807, 2.05) is 86.6 Å². The highest BCUT2D eigenvalue weighted by molar-refractivity contribution is 6.23. The lowest BCUT2D eigenvalue weighted by Gasteiger charge is -2.19. The quantitative estimate of drug-likeness (QED) is 0.352. The van der Waals surface area contributed by atoms with Crippen LogP contribution in [0.5, 0.6) is 5.75 Å². The van der Waals surface area contributed by atoms with Gasteiger partial charge in [-0.25, -0.2) is 4.79 Å². The first-order chi connectivity index (χ1) is 16.4. The van der Waals surface area contributed by atoms with E-state index in [0.29, 0.717) is 23.6 Å². The number of carbonyl (C=O) groups excluding carboxylic acids is 2. The fraction of sp³-hybridized carbons (Fsp3) is 0.172. The van der Waals surface area contributed by atoms with Crippen LogP contribution in [0.2, 0.25) is 0 Å². The van der Waals surface area contributed by atoms with Crippen molar-refractivity contribution >= 4 is 23.6 Å². The zero-order valence-corrected chi connectivity index (χ0v) is 19.8. The summed E-state index contributed by atoms with van der Waals surface area (Å²) in [5.74, 6) is -0.130. The van der Waals surface area contributed by atoms with Crippen LogP contribution in [0.1, 0.15) is 29.2 Å². The topological polar surface area (TPSA) is 55.8 Å². The van der Waals surface area contributed by atoms with Gasteiger partial charge in [0, 0.05) is 11.4 Å². The zero-order valence-electron chi connectivity index (χ0n) is 19.8. The van der Waals surface area contributed by atoms with Crippen molar-refractivity contribution in [1.82, 2.24) is 0 Å². The lowest BCUT2D eigenvalue weighted by Crippen LogP contribution is -2.24. The average Bonchev–Trinajstić information content (AvgIpc) is 3.06. The number of carbonyl (C=O) groups is 2. The molecule has 3 aromatic carbocycles. The SMILES string of the molecule is COC(=O)C1=C(C)N(c2cc(C)cc(C)c2)C(=O)/C1=C\c1cccc(OCc2ccccc2)c1. The average molecular weight is 454 g/mol. The molecule has 1 amide bonds. The predicted molar refractivity (Wildman–Crippen MR) is 133 cm³/mol. The lowest BCUT2D eigenvalue weighted by atomic mass is 10.0. The molecule has 0 radical (unpaired) electrons. The fourth-order valence-corrected chi connectivity index (χ4v) is 4.17. The maximum absolute atomic E-state index is 13.5. The molecule has 0 saturated heterocycles. The molecule has 0 aliphatic carbocycles. The number of esters is 1. The minimum absolute atomic E-state index is 0.265. The van der Waals surface area contributed by atoms with Crippen molar-refractivity contribution in [2.24, 2.45) is 0 Å². The first kappa shape index (κ1) is 23.1. The molecule has 1 heterocycles. The number of anilines is 1. The van der Waals surface area contributed by atoms with Gasteiger partial charge in [-0.2, -0.15) is 0 Å². The zero-order chi connectivity index (χ0) is 24.2. The standard InChI is InChI=1S/C29H27NO4/c1-19-13-20(2)15-24(14-19)30-21(3)27(29(32)33-4)26(28(30)31)17-23-11-8-12-25(16-23)34-18-22-9-6-5-7-10-22/h5-17H,18H2,1-4H3/b26-17-. The smallest absolute Gasteiger partial charge is 0.340 e. The van der Waals surface area contributed by atoms with Gasteiger partial charge in [0.05, 0.1) is 18.3 Å². The van der Waals surface area contributed by atoms with Gasteiger partial charge >= 0.3 is 5.97 Å². The molecule has 34 heavy (non-hydrogen) atoms. The summed E-state index contributed by atoms with van der Waals surface area (Å²) in [6.45, 7) is 6.17. The normalized spacial score (nSPS) is 14.6. The fourth-order valence-electron chi connectivity index (χ4n) is 4.17. The highest BCUT2D eigenvalue weighted by Crippen LogP contribution is 2.36. The molecule has 0 bridgehead atoms. The van der Waals surface area contributed by atoms with E-state index in [0.717, 1.165) is 27.9 Å². The van der Waals surface area contributed by atoms with Crippen LogP contribution in [-0.2, 0) is 20.9 Å². The Morgan fingerprint density at radius 2 is 1.62 bits per heavy atom. The second-order valence-corrected chi connectivity index (χ2v) is 8.34. The Balaban J connectivity index is 1.69. The van der Waals surface area contributed by atoms with Gasteiger partial charge in [0.1, 0.15) is 12.4 Å². The van der Waals surface area contributed by atoms with Crippen LogP contribution in [0.25, 0.3) is 6.08 Å². The highest BCUT2D eigenvalue weighted by atomic mass is 16.5. The maximum atomic E-state index is 13.5. The number of amides is 1. The van der Waals surface area contributed by atoms with Crippen molar-refractivity contribution in [3.63, 3.8) is 0 Å². The summed E-state index contributed by atoms with van der Waals surface area (Å²) in [5.41, 5.74) is 5.73. The first-order valence-corrected chi connectivity index (χ1v) is 11.1. The van der Waals surface area contributed by atoms with Crippen LogP contribution in [-0.4, -0.2) is 19.0 Å². The van der Waals surface area contributed by atoms with E-state index in [1.54, 1.807) is 17.9 Å². The molecule has 0 unspecified atom stereocenters. The summed E-state index contributed by atoms with van der Waals surface area (Å²) in [6, 6.07) is 23.3. The summed E-state index contributed by atoms with van der Waals surface area (Å²) >= 11 is 0. The third-order valence-corrected chi connectivity index (χ3v) is 5.67. The van der Waals surface area contributed by atoms with Crippen molar-refractivity contribution in [3.05, 3.63) is 112 Å². The van der Waals surface area contributed by atoms with Gasteiger partial charge in [0.2, 0.25) is 0 Å². The largest absolute Gasteiger partial charge is 0.489 e. The number of aryl methyl sites for hydroxylation is 2. The molecule has 0 fully saturated rings. The lowest BCUT2D eigenvalue weighted by molar-refractivity contribution is -0.136. The van der Waals surface area contributed by atoms with Crippen molar-refractivity contribution in [2.75, 3.05) is 12.0 Å². The molecular formula is C29H27NO4. The first-order valence-electron chi connectivity index (χ1n) is 11.1. The van der Waals surface area contributed by atoms with Crippen molar-refractivity contribution in [3.8, 4) is 5.75 Å². The monoisotopic (exact) mass is 453 g/mol. The van der Waals surface area contributed by atoms with Crippen LogP contribution in [0, 0.1) is 13.8 Å². The van der Waals surface area contributed by atoms with E-state index in [-0.39, 0.29) is 11.5 Å². The second kappa shape index (κ2) is 9.79. The summed E-state index contributed by atoms with van der Waals surface area (Å²) in [5, 5.41) is 0. The molecule has 3 aromatic rings. The Labute approximate surface area is 199 Å². The number of hydrogen-bond acceptors (Lipinski definition) is 4. The molecule has 4 rings (SSSR count). The van der Waals surface area contributed by atoms with E-state index >= 15 is 0 Å². The molecule has 0 aromatic heterocycles. The van der Waals surface area contributed by atoms with Gasteiger partial charge in [-0.1, -0.05) is 48.5 Å². The van der Waals surface area contributed by atoms with E-state index in [1.165, 1.54) is 7.11 Å². The Morgan fingerprint density at radius 1 is 0.912 bits per heavy atom. The number of hydrogen-bond donors (Lipinski definition) is 0. The number of benzene rings is 3. The summed E-state index contributed by atoms with van der Waals surface area (Å²) < 4.78 is 11.0. The Morgan fingerprint density at radius 3 is 2.29 bits per heavy atom. The minimum Gasteiger partial charge on any atom is -0.489 e. The summed E-state index contributed by atoms with van der Waals surface area (Å²) in [6.07, 6.45) is 1.72. The number of rotatable bonds is 6. The van der Waals surface area contributed by atoms with Gasteiger partial charge in [-0.05, 0) is 73.4 Å². The van der Waals surface area contributed by atoms with Gasteiger partial charge in [0.25, 0.3) is 5.91 Å². The van der Waals surface area contributed by atoms with E-state index in [2.05, 4.69) is 0 Å². The van der Waals surface area contributed by atoms with Crippen molar-refractivity contribution < 1.29 is 19.1 Å². The second-order valence-electron chi connectivity index (χ2n) is 8.34. The van der Waals surface area contributed by atoms with E-state index in [9.17, 15) is 9.59 Å². The van der Waals surface area contributed by atoms with Gasteiger partial charge in [-0.3, -0.25) is 9.69 Å². The van der Waals surface area contributed by atoms with Crippen molar-refractivity contribution in [1.29, 1.82) is 0 Å². The molecule has 5 heteroatoms. The van der Waals surface area contributed by atoms with Gasteiger partial charge in [-0.15, -0.1) is 0 Å². The Hall–Kier alpha value is -4.12. The summed E-state index contributed by atoms with van der Waals surface area (Å²) in [4.78, 5) is 27.8. The Kier molecular flexibility index (Phi) is 6.64.